The Morgan fingerprint density at radius 1 is 1.40 bits per heavy atom. The minimum atomic E-state index is -4.40. The Balaban J connectivity index is 3.16. The molecule has 0 amide bonds. The van der Waals surface area contributed by atoms with Crippen LogP contribution in [-0.4, -0.2) is 0 Å². The number of halogens is 4. The molecule has 0 heterocycles. The van der Waals surface area contributed by atoms with Crippen molar-refractivity contribution in [2.75, 3.05) is 0 Å². The van der Waals surface area contributed by atoms with Crippen LogP contribution in [0, 0.1) is 11.3 Å². The minimum Gasteiger partial charge on any atom is -0.198 e. The lowest BCUT2D eigenvalue weighted by atomic mass is 10.0. The van der Waals surface area contributed by atoms with Crippen LogP contribution in [-0.2, 0) is 6.18 Å². The van der Waals surface area contributed by atoms with Crippen LogP contribution in [0.25, 0.3) is 0 Å². The quantitative estimate of drug-likeness (QED) is 0.720. The molecule has 0 N–H and O–H groups in total. The third-order valence-electron chi connectivity index (χ3n) is 1.99. The molecule has 0 spiro atoms. The van der Waals surface area contributed by atoms with E-state index in [0.29, 0.717) is 5.56 Å². The number of hydrogen-bond acceptors (Lipinski definition) is 1. The maximum Gasteiger partial charge on any atom is 0.416 e. The van der Waals surface area contributed by atoms with Gasteiger partial charge in [-0.3, -0.25) is 0 Å². The molecule has 5 heteroatoms. The lowest BCUT2D eigenvalue weighted by Gasteiger charge is -2.10. The van der Waals surface area contributed by atoms with Crippen molar-refractivity contribution in [2.24, 2.45) is 0 Å². The highest BCUT2D eigenvalue weighted by Gasteiger charge is 2.31. The first-order valence-corrected chi connectivity index (χ1v) is 4.50. The first-order valence-electron chi connectivity index (χ1n) is 4.12. The summed E-state index contributed by atoms with van der Waals surface area (Å²) in [7, 11) is 0. The molecule has 0 bridgehead atoms. The molecule has 1 aromatic carbocycles. The zero-order valence-electron chi connectivity index (χ0n) is 7.77. The molecule has 0 aromatic heterocycles. The number of benzene rings is 1. The lowest BCUT2D eigenvalue weighted by molar-refractivity contribution is -0.137. The van der Waals surface area contributed by atoms with Crippen molar-refractivity contribution in [1.82, 2.24) is 0 Å². The molecular weight excluding hydrogens is 227 g/mol. The lowest BCUT2D eigenvalue weighted by Crippen LogP contribution is -2.05. The molecule has 0 aliphatic heterocycles. The fourth-order valence-electron chi connectivity index (χ4n) is 1.12. The van der Waals surface area contributed by atoms with Crippen LogP contribution in [0.2, 0.25) is 5.02 Å². The Kier molecular flexibility index (Phi) is 3.25. The number of alkyl halides is 3. The summed E-state index contributed by atoms with van der Waals surface area (Å²) in [5, 5.41) is 8.58. The fraction of sp³-hybridized carbons (Fsp3) is 0.300. The van der Waals surface area contributed by atoms with Gasteiger partial charge < -0.3 is 0 Å². The van der Waals surface area contributed by atoms with Crippen molar-refractivity contribution >= 4 is 11.6 Å². The van der Waals surface area contributed by atoms with Crippen molar-refractivity contribution in [2.45, 2.75) is 19.0 Å². The number of nitrogens with zero attached hydrogens (tertiary/aromatic N) is 1. The smallest absolute Gasteiger partial charge is 0.198 e. The molecule has 1 unspecified atom stereocenters. The van der Waals surface area contributed by atoms with Crippen LogP contribution in [0.3, 0.4) is 0 Å². The van der Waals surface area contributed by atoms with Crippen molar-refractivity contribution < 1.29 is 13.2 Å². The number of rotatable bonds is 1. The van der Waals surface area contributed by atoms with E-state index in [1.165, 1.54) is 6.07 Å². The summed E-state index contributed by atoms with van der Waals surface area (Å²) in [5.41, 5.74) is -0.395. The fourth-order valence-corrected chi connectivity index (χ4v) is 1.47. The zero-order valence-corrected chi connectivity index (χ0v) is 8.52. The van der Waals surface area contributed by atoms with Crippen LogP contribution >= 0.6 is 11.6 Å². The predicted octanol–water partition coefficient (Wildman–Crippen LogP) is 3.99. The standard InChI is InChI=1S/C10H7ClF3N/c1-6(5-15)8-3-2-7(4-9(8)11)10(12,13)14/h2-4,6H,1H3. The van der Waals surface area contributed by atoms with E-state index in [9.17, 15) is 13.2 Å². The van der Waals surface area contributed by atoms with Gasteiger partial charge in [0, 0.05) is 5.02 Å². The average molecular weight is 234 g/mol. The Hall–Kier alpha value is -1.21. The first kappa shape index (κ1) is 11.9. The summed E-state index contributed by atoms with van der Waals surface area (Å²) >= 11 is 5.66. The monoisotopic (exact) mass is 233 g/mol. The maximum atomic E-state index is 12.3. The summed E-state index contributed by atoms with van der Waals surface area (Å²) in [5.74, 6) is -0.514. The molecule has 0 saturated carbocycles. The Morgan fingerprint density at radius 3 is 2.40 bits per heavy atom. The van der Waals surface area contributed by atoms with E-state index in [0.717, 1.165) is 12.1 Å². The maximum absolute atomic E-state index is 12.3. The molecule has 0 aliphatic carbocycles. The Labute approximate surface area is 90.1 Å². The van der Waals surface area contributed by atoms with Gasteiger partial charge in [0.1, 0.15) is 0 Å². The average Bonchev–Trinajstić information content (AvgIpc) is 2.15. The summed E-state index contributed by atoms with van der Waals surface area (Å²) in [4.78, 5) is 0. The third kappa shape index (κ3) is 2.63. The second-order valence-electron chi connectivity index (χ2n) is 3.08. The summed E-state index contributed by atoms with van der Waals surface area (Å²) in [6.45, 7) is 1.58. The second-order valence-corrected chi connectivity index (χ2v) is 3.49. The van der Waals surface area contributed by atoms with Gasteiger partial charge >= 0.3 is 6.18 Å². The highest BCUT2D eigenvalue weighted by Crippen LogP contribution is 2.33. The van der Waals surface area contributed by atoms with Gasteiger partial charge in [-0.1, -0.05) is 17.7 Å². The van der Waals surface area contributed by atoms with Crippen molar-refractivity contribution in [1.29, 1.82) is 5.26 Å². The van der Waals surface area contributed by atoms with E-state index in [1.54, 1.807) is 6.92 Å². The largest absolute Gasteiger partial charge is 0.416 e. The van der Waals surface area contributed by atoms with Gasteiger partial charge in [-0.25, -0.2) is 0 Å². The molecule has 0 aliphatic rings. The van der Waals surface area contributed by atoms with Gasteiger partial charge in [0.2, 0.25) is 0 Å². The number of nitriles is 1. The predicted molar refractivity (Wildman–Crippen MR) is 50.5 cm³/mol. The molecule has 1 nitrogen and oxygen atoms in total. The summed E-state index contributed by atoms with van der Waals surface area (Å²) in [6.07, 6.45) is -4.40. The van der Waals surface area contributed by atoms with Crippen molar-refractivity contribution in [3.8, 4) is 6.07 Å². The molecule has 0 fully saturated rings. The van der Waals surface area contributed by atoms with Gasteiger partial charge in [-0.15, -0.1) is 0 Å². The van der Waals surface area contributed by atoms with Gasteiger partial charge in [0.05, 0.1) is 17.6 Å². The SMILES string of the molecule is CC(C#N)c1ccc(C(F)(F)F)cc1Cl. The Bertz CT molecular complexity index is 406. The summed E-state index contributed by atoms with van der Waals surface area (Å²) < 4.78 is 36.8. The zero-order chi connectivity index (χ0) is 11.6. The van der Waals surface area contributed by atoms with Crippen LogP contribution in [0.4, 0.5) is 13.2 Å². The van der Waals surface area contributed by atoms with E-state index in [-0.39, 0.29) is 5.02 Å². The van der Waals surface area contributed by atoms with Crippen LogP contribution in [0.15, 0.2) is 18.2 Å². The molecule has 15 heavy (non-hydrogen) atoms. The van der Waals surface area contributed by atoms with Crippen molar-refractivity contribution in [3.05, 3.63) is 34.3 Å². The number of hydrogen-bond donors (Lipinski definition) is 0. The molecule has 1 rings (SSSR count). The highest BCUT2D eigenvalue weighted by molar-refractivity contribution is 6.31. The van der Waals surface area contributed by atoms with Crippen LogP contribution in [0.1, 0.15) is 24.0 Å². The van der Waals surface area contributed by atoms with E-state index >= 15 is 0 Å². The second kappa shape index (κ2) is 4.11. The molecule has 0 saturated heterocycles. The third-order valence-corrected chi connectivity index (χ3v) is 2.32. The summed E-state index contributed by atoms with van der Waals surface area (Å²) in [6, 6.07) is 4.91. The van der Waals surface area contributed by atoms with E-state index < -0.39 is 17.7 Å². The van der Waals surface area contributed by atoms with Crippen LogP contribution < -0.4 is 0 Å². The molecular formula is C10H7ClF3N. The minimum absolute atomic E-state index is 0.0288. The molecule has 1 atom stereocenters. The first-order chi connectivity index (χ1) is 6.86. The topological polar surface area (TPSA) is 23.8 Å². The molecule has 80 valence electrons. The van der Waals surface area contributed by atoms with E-state index in [4.69, 9.17) is 16.9 Å². The van der Waals surface area contributed by atoms with E-state index in [1.807, 2.05) is 6.07 Å². The van der Waals surface area contributed by atoms with Crippen LogP contribution in [0.5, 0.6) is 0 Å². The van der Waals surface area contributed by atoms with Gasteiger partial charge in [-0.2, -0.15) is 18.4 Å². The van der Waals surface area contributed by atoms with Crippen molar-refractivity contribution in [3.63, 3.8) is 0 Å². The van der Waals surface area contributed by atoms with E-state index in [2.05, 4.69) is 0 Å². The van der Waals surface area contributed by atoms with Gasteiger partial charge in [-0.05, 0) is 24.6 Å². The van der Waals surface area contributed by atoms with Gasteiger partial charge in [0.25, 0.3) is 0 Å². The molecule has 1 aromatic rings. The van der Waals surface area contributed by atoms with Gasteiger partial charge in [0.15, 0.2) is 0 Å². The highest BCUT2D eigenvalue weighted by atomic mass is 35.5. The molecule has 0 radical (unpaired) electrons. The normalized spacial score (nSPS) is 13.3. The Morgan fingerprint density at radius 2 is 2.00 bits per heavy atom.